The van der Waals surface area contributed by atoms with Crippen LogP contribution in [-0.4, -0.2) is 38.2 Å². The molecule has 0 aromatic heterocycles. The maximum absolute atomic E-state index is 12.4. The summed E-state index contributed by atoms with van der Waals surface area (Å²) in [6.45, 7) is 0.700. The van der Waals surface area contributed by atoms with Gasteiger partial charge < -0.3 is 19.7 Å². The molecule has 126 valence electrons. The van der Waals surface area contributed by atoms with E-state index in [2.05, 4.69) is 5.32 Å². The van der Waals surface area contributed by atoms with Gasteiger partial charge in [-0.25, -0.2) is 0 Å². The standard InChI is InChI=1S/C18H19ClN2O3/c1-21(2)15(12-7-8-16-17(9-12)24-11-23-16)10-20-18(22)13-5-3-4-6-14(13)19/h3-9,15H,10-11H2,1-2H3,(H,20,22). The van der Waals surface area contributed by atoms with Crippen LogP contribution in [0.3, 0.4) is 0 Å². The van der Waals surface area contributed by atoms with E-state index in [0.29, 0.717) is 17.1 Å². The van der Waals surface area contributed by atoms with Crippen LogP contribution in [0.2, 0.25) is 5.02 Å². The Morgan fingerprint density at radius 2 is 1.96 bits per heavy atom. The Morgan fingerprint density at radius 1 is 1.21 bits per heavy atom. The number of amides is 1. The highest BCUT2D eigenvalue weighted by Gasteiger charge is 2.20. The highest BCUT2D eigenvalue weighted by Crippen LogP contribution is 2.35. The molecule has 1 unspecified atom stereocenters. The van der Waals surface area contributed by atoms with Crippen LogP contribution in [0.4, 0.5) is 0 Å². The second-order valence-electron chi connectivity index (χ2n) is 5.78. The molecule has 2 aromatic rings. The lowest BCUT2D eigenvalue weighted by molar-refractivity contribution is 0.0942. The summed E-state index contributed by atoms with van der Waals surface area (Å²) in [6, 6.07) is 12.8. The van der Waals surface area contributed by atoms with Crippen LogP contribution in [0.1, 0.15) is 22.0 Å². The molecular weight excluding hydrogens is 328 g/mol. The number of hydrogen-bond donors (Lipinski definition) is 1. The minimum absolute atomic E-state index is 0.00550. The number of carbonyl (C=O) groups excluding carboxylic acids is 1. The maximum atomic E-state index is 12.4. The SMILES string of the molecule is CN(C)C(CNC(=O)c1ccccc1Cl)c1ccc2c(c1)OCO2. The van der Waals surface area contributed by atoms with Crippen molar-refractivity contribution in [2.24, 2.45) is 0 Å². The number of nitrogens with one attached hydrogen (secondary N) is 1. The van der Waals surface area contributed by atoms with Gasteiger partial charge in [0.2, 0.25) is 6.79 Å². The molecule has 6 heteroatoms. The third kappa shape index (κ3) is 3.47. The van der Waals surface area contributed by atoms with Crippen molar-refractivity contribution in [3.05, 3.63) is 58.6 Å². The fraction of sp³-hybridized carbons (Fsp3) is 0.278. The van der Waals surface area contributed by atoms with E-state index >= 15 is 0 Å². The smallest absolute Gasteiger partial charge is 0.252 e. The van der Waals surface area contributed by atoms with Crippen LogP contribution in [0.25, 0.3) is 0 Å². The number of nitrogens with zero attached hydrogens (tertiary/aromatic N) is 1. The van der Waals surface area contributed by atoms with Crippen LogP contribution in [0.5, 0.6) is 11.5 Å². The molecule has 1 aliphatic heterocycles. The van der Waals surface area contributed by atoms with E-state index in [1.807, 2.05) is 37.2 Å². The molecule has 0 bridgehead atoms. The van der Waals surface area contributed by atoms with Gasteiger partial charge in [-0.15, -0.1) is 0 Å². The average Bonchev–Trinajstić information content (AvgIpc) is 3.02. The summed E-state index contributed by atoms with van der Waals surface area (Å²) < 4.78 is 10.8. The molecule has 2 aromatic carbocycles. The lowest BCUT2D eigenvalue weighted by Crippen LogP contribution is -2.34. The second kappa shape index (κ2) is 7.11. The summed E-state index contributed by atoms with van der Waals surface area (Å²) in [4.78, 5) is 14.4. The Hall–Kier alpha value is -2.24. The fourth-order valence-electron chi connectivity index (χ4n) is 2.65. The Morgan fingerprint density at radius 3 is 2.71 bits per heavy atom. The van der Waals surface area contributed by atoms with E-state index in [4.69, 9.17) is 21.1 Å². The van der Waals surface area contributed by atoms with Crippen LogP contribution in [-0.2, 0) is 0 Å². The van der Waals surface area contributed by atoms with Crippen molar-refractivity contribution in [1.29, 1.82) is 0 Å². The van der Waals surface area contributed by atoms with Crippen LogP contribution >= 0.6 is 11.6 Å². The molecular formula is C18H19ClN2O3. The molecule has 0 saturated heterocycles. The first-order valence-corrected chi connectivity index (χ1v) is 8.03. The molecule has 1 heterocycles. The molecule has 3 rings (SSSR count). The zero-order valence-electron chi connectivity index (χ0n) is 13.6. The fourth-order valence-corrected chi connectivity index (χ4v) is 2.87. The zero-order chi connectivity index (χ0) is 17.1. The van der Waals surface area contributed by atoms with E-state index in [-0.39, 0.29) is 18.7 Å². The minimum atomic E-state index is -0.187. The molecule has 0 aliphatic carbocycles. The van der Waals surface area contributed by atoms with Crippen molar-refractivity contribution in [2.45, 2.75) is 6.04 Å². The van der Waals surface area contributed by atoms with E-state index < -0.39 is 0 Å². The predicted octanol–water partition coefficient (Wildman–Crippen LogP) is 3.10. The van der Waals surface area contributed by atoms with Gasteiger partial charge in [0.25, 0.3) is 5.91 Å². The first kappa shape index (κ1) is 16.6. The maximum Gasteiger partial charge on any atom is 0.252 e. The molecule has 24 heavy (non-hydrogen) atoms. The van der Waals surface area contributed by atoms with Crippen molar-refractivity contribution in [1.82, 2.24) is 10.2 Å². The molecule has 0 spiro atoms. The van der Waals surface area contributed by atoms with Gasteiger partial charge in [0.05, 0.1) is 16.6 Å². The van der Waals surface area contributed by atoms with E-state index in [0.717, 1.165) is 17.1 Å². The topological polar surface area (TPSA) is 50.8 Å². The van der Waals surface area contributed by atoms with Gasteiger partial charge in [0, 0.05) is 6.54 Å². The van der Waals surface area contributed by atoms with Crippen LogP contribution < -0.4 is 14.8 Å². The highest BCUT2D eigenvalue weighted by molar-refractivity contribution is 6.33. The van der Waals surface area contributed by atoms with Gasteiger partial charge in [-0.1, -0.05) is 29.8 Å². The lowest BCUT2D eigenvalue weighted by Gasteiger charge is -2.25. The number of ether oxygens (including phenoxy) is 2. The number of likely N-dealkylation sites (N-methyl/N-ethyl adjacent to an activating group) is 1. The number of halogens is 1. The lowest BCUT2D eigenvalue weighted by atomic mass is 10.0. The Balaban J connectivity index is 1.73. The van der Waals surface area contributed by atoms with Gasteiger partial charge in [-0.05, 0) is 43.9 Å². The van der Waals surface area contributed by atoms with Crippen LogP contribution in [0.15, 0.2) is 42.5 Å². The summed E-state index contributed by atoms with van der Waals surface area (Å²) in [6.07, 6.45) is 0. The monoisotopic (exact) mass is 346 g/mol. The Kier molecular flexibility index (Phi) is 4.92. The highest BCUT2D eigenvalue weighted by atomic mass is 35.5. The summed E-state index contributed by atoms with van der Waals surface area (Å²) >= 11 is 6.08. The van der Waals surface area contributed by atoms with Crippen LogP contribution in [0, 0.1) is 0 Å². The minimum Gasteiger partial charge on any atom is -0.454 e. The molecule has 1 N–H and O–H groups in total. The third-order valence-electron chi connectivity index (χ3n) is 3.98. The Labute approximate surface area is 146 Å². The van der Waals surface area contributed by atoms with Gasteiger partial charge in [0.1, 0.15) is 0 Å². The van der Waals surface area contributed by atoms with Gasteiger partial charge in [-0.3, -0.25) is 4.79 Å². The third-order valence-corrected chi connectivity index (χ3v) is 4.31. The van der Waals surface area contributed by atoms with Gasteiger partial charge in [0.15, 0.2) is 11.5 Å². The molecule has 1 aliphatic rings. The molecule has 5 nitrogen and oxygen atoms in total. The summed E-state index contributed by atoms with van der Waals surface area (Å²) in [5.41, 5.74) is 1.52. The number of benzene rings is 2. The summed E-state index contributed by atoms with van der Waals surface area (Å²) in [7, 11) is 3.94. The van der Waals surface area contributed by atoms with Gasteiger partial charge >= 0.3 is 0 Å². The van der Waals surface area contributed by atoms with E-state index in [1.165, 1.54) is 0 Å². The quantitative estimate of drug-likeness (QED) is 0.903. The largest absolute Gasteiger partial charge is 0.454 e. The number of carbonyl (C=O) groups is 1. The number of rotatable bonds is 5. The molecule has 1 amide bonds. The van der Waals surface area contributed by atoms with E-state index in [1.54, 1.807) is 24.3 Å². The van der Waals surface area contributed by atoms with E-state index in [9.17, 15) is 4.79 Å². The summed E-state index contributed by atoms with van der Waals surface area (Å²) in [5.74, 6) is 1.29. The normalized spacial score (nSPS) is 13.8. The zero-order valence-corrected chi connectivity index (χ0v) is 14.3. The Bertz CT molecular complexity index is 749. The van der Waals surface area contributed by atoms with Crippen molar-refractivity contribution in [3.8, 4) is 11.5 Å². The number of fused-ring (bicyclic) bond motifs is 1. The molecule has 1 atom stereocenters. The first-order chi connectivity index (χ1) is 11.6. The van der Waals surface area contributed by atoms with Crippen molar-refractivity contribution in [2.75, 3.05) is 27.4 Å². The predicted molar refractivity (Wildman–Crippen MR) is 92.8 cm³/mol. The van der Waals surface area contributed by atoms with Crippen molar-refractivity contribution < 1.29 is 14.3 Å². The molecule has 0 radical (unpaired) electrons. The average molecular weight is 347 g/mol. The van der Waals surface area contributed by atoms with Crippen molar-refractivity contribution in [3.63, 3.8) is 0 Å². The first-order valence-electron chi connectivity index (χ1n) is 7.65. The molecule has 0 fully saturated rings. The molecule has 0 saturated carbocycles. The number of hydrogen-bond acceptors (Lipinski definition) is 4. The van der Waals surface area contributed by atoms with Crippen molar-refractivity contribution >= 4 is 17.5 Å². The summed E-state index contributed by atoms with van der Waals surface area (Å²) in [5, 5.41) is 3.39. The van der Waals surface area contributed by atoms with Gasteiger partial charge in [-0.2, -0.15) is 0 Å². The second-order valence-corrected chi connectivity index (χ2v) is 6.19.